The summed E-state index contributed by atoms with van der Waals surface area (Å²) in [6, 6.07) is 12.5. The highest BCUT2D eigenvalue weighted by Crippen LogP contribution is 2.30. The number of fused-ring (bicyclic) bond motifs is 1. The van der Waals surface area contributed by atoms with E-state index in [4.69, 9.17) is 30.5 Å². The zero-order valence-electron chi connectivity index (χ0n) is 16.0. The lowest BCUT2D eigenvalue weighted by molar-refractivity contribution is -0.153. The monoisotopic (exact) mass is 419 g/mol. The fourth-order valence-corrected chi connectivity index (χ4v) is 3.10. The van der Waals surface area contributed by atoms with Crippen molar-refractivity contribution in [1.29, 1.82) is 0 Å². The van der Waals surface area contributed by atoms with Gasteiger partial charge in [0.05, 0.1) is 19.6 Å². The number of amides is 1. The first kappa shape index (κ1) is 20.8. The van der Waals surface area contributed by atoms with Gasteiger partial charge in [-0.1, -0.05) is 23.7 Å². The number of ether oxygens (including phenoxy) is 4. The van der Waals surface area contributed by atoms with Gasteiger partial charge in [0, 0.05) is 5.02 Å². The Morgan fingerprint density at radius 2 is 2.00 bits per heavy atom. The molecule has 8 heteroatoms. The number of carbonyl (C=O) groups excluding carboxylic acids is 2. The molecule has 0 saturated heterocycles. The minimum atomic E-state index is -0.476. The number of hydrogen-bond donors (Lipinski definition) is 1. The number of nitrogens with one attached hydrogen (secondary N) is 1. The number of hydrogen-bond acceptors (Lipinski definition) is 6. The first-order chi connectivity index (χ1) is 14.1. The van der Waals surface area contributed by atoms with Crippen LogP contribution in [0.3, 0.4) is 0 Å². The van der Waals surface area contributed by atoms with Crippen molar-refractivity contribution in [3.63, 3.8) is 0 Å². The highest BCUT2D eigenvalue weighted by molar-refractivity contribution is 6.30. The maximum atomic E-state index is 12.2. The van der Waals surface area contributed by atoms with Crippen LogP contribution >= 0.6 is 11.6 Å². The Morgan fingerprint density at radius 1 is 1.21 bits per heavy atom. The molecular weight excluding hydrogens is 398 g/mol. The normalized spacial score (nSPS) is 14.9. The van der Waals surface area contributed by atoms with Crippen molar-refractivity contribution in [3.8, 4) is 17.2 Å². The van der Waals surface area contributed by atoms with E-state index in [-0.39, 0.29) is 26.4 Å². The average molecular weight is 420 g/mol. The number of esters is 1. The molecule has 29 heavy (non-hydrogen) atoms. The van der Waals surface area contributed by atoms with Crippen LogP contribution in [-0.4, -0.2) is 45.4 Å². The summed E-state index contributed by atoms with van der Waals surface area (Å²) < 4.78 is 21.4. The van der Waals surface area contributed by atoms with E-state index in [1.165, 1.54) is 0 Å². The standard InChI is InChI=1S/C21H22ClNO6/c1-26-18-4-2-3-5-19(18)27-9-8-23-20(24)13-29-21(25)15-10-14-11-16(22)6-7-17(14)28-12-15/h2-7,11,15H,8-10,12-13H2,1H3,(H,23,24)/t15-/m1/s1. The largest absolute Gasteiger partial charge is 0.493 e. The van der Waals surface area contributed by atoms with Crippen molar-refractivity contribution in [2.45, 2.75) is 6.42 Å². The van der Waals surface area contributed by atoms with Gasteiger partial charge in [0.25, 0.3) is 5.91 Å². The molecule has 3 rings (SSSR count). The Bertz CT molecular complexity index is 872. The van der Waals surface area contributed by atoms with Crippen LogP contribution in [0.5, 0.6) is 17.2 Å². The van der Waals surface area contributed by atoms with Crippen LogP contribution in [0, 0.1) is 5.92 Å². The average Bonchev–Trinajstić information content (AvgIpc) is 2.74. The van der Waals surface area contributed by atoms with Crippen LogP contribution in [0.2, 0.25) is 5.02 Å². The lowest BCUT2D eigenvalue weighted by Gasteiger charge is -2.24. The van der Waals surface area contributed by atoms with Gasteiger partial charge in [0.1, 0.15) is 19.0 Å². The maximum absolute atomic E-state index is 12.2. The van der Waals surface area contributed by atoms with E-state index in [2.05, 4.69) is 5.32 Å². The first-order valence-corrected chi connectivity index (χ1v) is 9.55. The number of para-hydroxylation sites is 2. The number of carbonyl (C=O) groups is 2. The van der Waals surface area contributed by atoms with Gasteiger partial charge in [-0.25, -0.2) is 0 Å². The molecule has 2 aromatic carbocycles. The molecule has 0 radical (unpaired) electrons. The Balaban J connectivity index is 1.36. The highest BCUT2D eigenvalue weighted by atomic mass is 35.5. The lowest BCUT2D eigenvalue weighted by Crippen LogP contribution is -2.35. The molecule has 0 aliphatic carbocycles. The molecule has 154 valence electrons. The minimum absolute atomic E-state index is 0.210. The van der Waals surface area contributed by atoms with Crippen LogP contribution in [0.4, 0.5) is 0 Å². The van der Waals surface area contributed by atoms with Crippen LogP contribution in [0.1, 0.15) is 5.56 Å². The molecule has 1 heterocycles. The van der Waals surface area contributed by atoms with Gasteiger partial charge < -0.3 is 24.3 Å². The number of rotatable bonds is 8. The number of halogens is 1. The summed E-state index contributed by atoms with van der Waals surface area (Å²) in [6.45, 7) is 0.384. The molecule has 0 unspecified atom stereocenters. The molecule has 1 N–H and O–H groups in total. The van der Waals surface area contributed by atoms with Crippen LogP contribution in [0.25, 0.3) is 0 Å². The summed E-state index contributed by atoms with van der Waals surface area (Å²) in [6.07, 6.45) is 0.461. The van der Waals surface area contributed by atoms with Crippen LogP contribution < -0.4 is 19.5 Å². The van der Waals surface area contributed by atoms with Crippen molar-refractivity contribution in [1.82, 2.24) is 5.32 Å². The van der Waals surface area contributed by atoms with Gasteiger partial charge in [-0.2, -0.15) is 0 Å². The summed E-state index contributed by atoms with van der Waals surface area (Å²) >= 11 is 5.98. The van der Waals surface area contributed by atoms with E-state index in [0.29, 0.717) is 28.7 Å². The molecule has 0 bridgehead atoms. The number of methoxy groups -OCH3 is 1. The second kappa shape index (κ2) is 10.0. The number of benzene rings is 2. The lowest BCUT2D eigenvalue weighted by atomic mass is 9.97. The second-order valence-corrected chi connectivity index (χ2v) is 6.86. The van der Waals surface area contributed by atoms with Crippen molar-refractivity contribution in [2.24, 2.45) is 5.92 Å². The van der Waals surface area contributed by atoms with Gasteiger partial charge in [0.2, 0.25) is 0 Å². The molecule has 1 amide bonds. The quantitative estimate of drug-likeness (QED) is 0.523. The molecular formula is C21H22ClNO6. The summed E-state index contributed by atoms with van der Waals surface area (Å²) in [5.74, 6) is 0.575. The fraction of sp³-hybridized carbons (Fsp3) is 0.333. The van der Waals surface area contributed by atoms with Crippen molar-refractivity contribution >= 4 is 23.5 Å². The second-order valence-electron chi connectivity index (χ2n) is 6.42. The van der Waals surface area contributed by atoms with Crippen LogP contribution in [-0.2, 0) is 20.7 Å². The first-order valence-electron chi connectivity index (χ1n) is 9.17. The molecule has 2 aromatic rings. The van der Waals surface area contributed by atoms with E-state index in [0.717, 1.165) is 5.56 Å². The van der Waals surface area contributed by atoms with E-state index < -0.39 is 17.8 Å². The Morgan fingerprint density at radius 3 is 2.79 bits per heavy atom. The van der Waals surface area contributed by atoms with E-state index in [9.17, 15) is 9.59 Å². The van der Waals surface area contributed by atoms with E-state index in [1.807, 2.05) is 12.1 Å². The summed E-state index contributed by atoms with van der Waals surface area (Å²) in [7, 11) is 1.56. The van der Waals surface area contributed by atoms with Gasteiger partial charge in [-0.3, -0.25) is 9.59 Å². The topological polar surface area (TPSA) is 83.1 Å². The minimum Gasteiger partial charge on any atom is -0.493 e. The Kier molecular flexibility index (Phi) is 7.19. The van der Waals surface area contributed by atoms with Gasteiger partial charge in [0.15, 0.2) is 18.1 Å². The maximum Gasteiger partial charge on any atom is 0.313 e. The van der Waals surface area contributed by atoms with Crippen LogP contribution in [0.15, 0.2) is 42.5 Å². The van der Waals surface area contributed by atoms with Crippen molar-refractivity contribution < 1.29 is 28.5 Å². The van der Waals surface area contributed by atoms with Crippen molar-refractivity contribution in [2.75, 3.05) is 33.5 Å². The third-order valence-corrected chi connectivity index (χ3v) is 4.59. The third-order valence-electron chi connectivity index (χ3n) is 4.36. The van der Waals surface area contributed by atoms with Gasteiger partial charge in [-0.15, -0.1) is 0 Å². The molecule has 0 spiro atoms. The van der Waals surface area contributed by atoms with E-state index >= 15 is 0 Å². The van der Waals surface area contributed by atoms with E-state index in [1.54, 1.807) is 37.4 Å². The molecule has 0 saturated carbocycles. The molecule has 1 atom stereocenters. The smallest absolute Gasteiger partial charge is 0.313 e. The molecule has 7 nitrogen and oxygen atoms in total. The molecule has 0 aromatic heterocycles. The summed E-state index contributed by atoms with van der Waals surface area (Å²) in [4.78, 5) is 24.1. The molecule has 0 fully saturated rings. The SMILES string of the molecule is COc1ccccc1OCCNC(=O)COC(=O)[C@H]1COc2ccc(Cl)cc2C1. The highest BCUT2D eigenvalue weighted by Gasteiger charge is 2.27. The molecule has 1 aliphatic rings. The fourth-order valence-electron chi connectivity index (χ4n) is 2.91. The Labute approximate surface area is 173 Å². The predicted molar refractivity (Wildman–Crippen MR) is 107 cm³/mol. The van der Waals surface area contributed by atoms with Gasteiger partial charge in [-0.05, 0) is 42.3 Å². The summed E-state index contributed by atoms with van der Waals surface area (Å²) in [5, 5.41) is 3.22. The van der Waals surface area contributed by atoms with Gasteiger partial charge >= 0.3 is 5.97 Å². The summed E-state index contributed by atoms with van der Waals surface area (Å²) in [5.41, 5.74) is 0.851. The van der Waals surface area contributed by atoms with Crippen molar-refractivity contribution in [3.05, 3.63) is 53.1 Å². The zero-order chi connectivity index (χ0) is 20.6. The zero-order valence-corrected chi connectivity index (χ0v) is 16.7. The predicted octanol–water partition coefficient (Wildman–Crippen LogP) is 2.64. The third kappa shape index (κ3) is 5.77. The molecule has 1 aliphatic heterocycles. The Hall–Kier alpha value is -2.93.